The molecule has 8 heteroatoms. The summed E-state index contributed by atoms with van der Waals surface area (Å²) in [6, 6.07) is 22.7. The molecule has 0 atom stereocenters. The normalized spacial score (nSPS) is 11.0. The van der Waals surface area contributed by atoms with Crippen LogP contribution in [0.1, 0.15) is 27.2 Å². The first-order valence-electron chi connectivity index (χ1n) is 11.1. The van der Waals surface area contributed by atoms with E-state index in [0.29, 0.717) is 35.9 Å². The molecule has 5 rings (SSSR count). The Morgan fingerprint density at radius 2 is 1.66 bits per heavy atom. The van der Waals surface area contributed by atoms with Gasteiger partial charge in [0.05, 0.1) is 23.2 Å². The van der Waals surface area contributed by atoms with Gasteiger partial charge in [-0.25, -0.2) is 23.8 Å². The molecule has 35 heavy (non-hydrogen) atoms. The first kappa shape index (κ1) is 22.2. The van der Waals surface area contributed by atoms with E-state index in [1.165, 1.54) is 24.3 Å². The molecule has 2 N–H and O–H groups in total. The Morgan fingerprint density at radius 3 is 2.34 bits per heavy atom. The summed E-state index contributed by atoms with van der Waals surface area (Å²) in [5.74, 6) is -0.229. The second-order valence-electron chi connectivity index (χ2n) is 8.19. The Hall–Kier alpha value is -4.59. The lowest BCUT2D eigenvalue weighted by Crippen LogP contribution is -2.07. The van der Waals surface area contributed by atoms with Gasteiger partial charge in [0.15, 0.2) is 11.5 Å². The van der Waals surface area contributed by atoms with E-state index >= 15 is 0 Å². The van der Waals surface area contributed by atoms with Gasteiger partial charge in [-0.15, -0.1) is 0 Å². The zero-order chi connectivity index (χ0) is 24.4. The lowest BCUT2D eigenvalue weighted by Gasteiger charge is -2.11. The number of aromatic carboxylic acids is 1. The summed E-state index contributed by atoms with van der Waals surface area (Å²) in [6.07, 6.45) is 0. The zero-order valence-electron chi connectivity index (χ0n) is 18.9. The molecule has 174 valence electrons. The van der Waals surface area contributed by atoms with Crippen LogP contribution < -0.4 is 5.32 Å². The van der Waals surface area contributed by atoms with Crippen molar-refractivity contribution in [3.63, 3.8) is 0 Å². The standard InChI is InChI=1S/C27H22FN5O2/c1-17-23-25(29-15-18-7-13-22(28)14-8-18)30-24(20-9-11-21(12-10-20)27(34)35)31-26(23)33(32-17)16-19-5-3-2-4-6-19/h2-14H,15-16H2,1H3,(H,34,35)(H,29,30,31). The van der Waals surface area contributed by atoms with Crippen molar-refractivity contribution in [3.05, 3.63) is 107 Å². The molecule has 0 saturated carbocycles. The number of aromatic nitrogens is 4. The van der Waals surface area contributed by atoms with E-state index in [1.54, 1.807) is 24.3 Å². The minimum absolute atomic E-state index is 0.189. The molecule has 0 radical (unpaired) electrons. The minimum atomic E-state index is -0.994. The number of hydrogen-bond donors (Lipinski definition) is 2. The third-order valence-electron chi connectivity index (χ3n) is 5.71. The molecule has 0 aliphatic heterocycles. The molecule has 0 unspecified atom stereocenters. The van der Waals surface area contributed by atoms with Crippen molar-refractivity contribution >= 4 is 22.8 Å². The fourth-order valence-corrected chi connectivity index (χ4v) is 3.92. The summed E-state index contributed by atoms with van der Waals surface area (Å²) in [5, 5.41) is 18.1. The quantitative estimate of drug-likeness (QED) is 0.337. The molecule has 2 heterocycles. The van der Waals surface area contributed by atoms with Crippen LogP contribution in [0.15, 0.2) is 78.9 Å². The minimum Gasteiger partial charge on any atom is -0.478 e. The molecule has 0 aliphatic carbocycles. The highest BCUT2D eigenvalue weighted by atomic mass is 19.1. The third-order valence-corrected chi connectivity index (χ3v) is 5.71. The monoisotopic (exact) mass is 467 g/mol. The largest absolute Gasteiger partial charge is 0.478 e. The average Bonchev–Trinajstić information content (AvgIpc) is 3.19. The predicted molar refractivity (Wildman–Crippen MR) is 132 cm³/mol. The lowest BCUT2D eigenvalue weighted by atomic mass is 10.1. The molecule has 2 aromatic heterocycles. The Bertz CT molecular complexity index is 1500. The van der Waals surface area contributed by atoms with Crippen LogP contribution in [0, 0.1) is 12.7 Å². The van der Waals surface area contributed by atoms with Crippen LogP contribution in [-0.2, 0) is 13.1 Å². The fourth-order valence-electron chi connectivity index (χ4n) is 3.92. The Balaban J connectivity index is 1.59. The van der Waals surface area contributed by atoms with Gasteiger partial charge in [0.25, 0.3) is 0 Å². The van der Waals surface area contributed by atoms with Gasteiger partial charge in [0.1, 0.15) is 11.6 Å². The summed E-state index contributed by atoms with van der Waals surface area (Å²) >= 11 is 0. The average molecular weight is 468 g/mol. The first-order chi connectivity index (χ1) is 17.0. The molecular formula is C27H22FN5O2. The number of aryl methyl sites for hydroxylation is 1. The molecule has 0 bridgehead atoms. The summed E-state index contributed by atoms with van der Waals surface area (Å²) in [7, 11) is 0. The fraction of sp³-hybridized carbons (Fsp3) is 0.111. The highest BCUT2D eigenvalue weighted by Gasteiger charge is 2.18. The second-order valence-corrected chi connectivity index (χ2v) is 8.19. The number of carbonyl (C=O) groups is 1. The van der Waals surface area contributed by atoms with Crippen LogP contribution in [-0.4, -0.2) is 30.8 Å². The smallest absolute Gasteiger partial charge is 0.335 e. The maximum absolute atomic E-state index is 13.3. The van der Waals surface area contributed by atoms with Gasteiger partial charge in [-0.3, -0.25) is 0 Å². The van der Waals surface area contributed by atoms with Gasteiger partial charge in [0.2, 0.25) is 0 Å². The molecule has 5 aromatic rings. The molecule has 0 fully saturated rings. The Morgan fingerprint density at radius 1 is 0.943 bits per heavy atom. The first-order valence-corrected chi connectivity index (χ1v) is 11.1. The van der Waals surface area contributed by atoms with Crippen LogP contribution in [0.25, 0.3) is 22.4 Å². The zero-order valence-corrected chi connectivity index (χ0v) is 18.9. The van der Waals surface area contributed by atoms with Gasteiger partial charge >= 0.3 is 5.97 Å². The summed E-state index contributed by atoms with van der Waals surface area (Å²) in [6.45, 7) is 2.89. The van der Waals surface area contributed by atoms with Crippen LogP contribution in [0.2, 0.25) is 0 Å². The van der Waals surface area contributed by atoms with Crippen LogP contribution >= 0.6 is 0 Å². The second kappa shape index (κ2) is 9.34. The van der Waals surface area contributed by atoms with E-state index < -0.39 is 5.97 Å². The van der Waals surface area contributed by atoms with Crippen molar-refractivity contribution in [1.82, 2.24) is 19.7 Å². The third kappa shape index (κ3) is 4.72. The molecular weight excluding hydrogens is 445 g/mol. The number of carboxylic acids is 1. The van der Waals surface area contributed by atoms with Crippen molar-refractivity contribution in [2.75, 3.05) is 5.32 Å². The maximum Gasteiger partial charge on any atom is 0.335 e. The van der Waals surface area contributed by atoms with Crippen molar-refractivity contribution in [1.29, 1.82) is 0 Å². The van der Waals surface area contributed by atoms with Gasteiger partial charge in [-0.05, 0) is 42.3 Å². The van der Waals surface area contributed by atoms with Gasteiger partial charge in [-0.1, -0.05) is 54.6 Å². The molecule has 0 amide bonds. The summed E-state index contributed by atoms with van der Waals surface area (Å²) < 4.78 is 15.2. The number of halogens is 1. The number of carboxylic acid groups (broad SMARTS) is 1. The van der Waals surface area contributed by atoms with E-state index in [0.717, 1.165) is 22.2 Å². The number of rotatable bonds is 7. The molecule has 0 saturated heterocycles. The summed E-state index contributed by atoms with van der Waals surface area (Å²) in [4.78, 5) is 20.8. The van der Waals surface area contributed by atoms with Crippen molar-refractivity contribution in [2.24, 2.45) is 0 Å². The molecule has 0 aliphatic rings. The van der Waals surface area contributed by atoms with Crippen molar-refractivity contribution < 1.29 is 14.3 Å². The van der Waals surface area contributed by atoms with Crippen molar-refractivity contribution in [2.45, 2.75) is 20.0 Å². The number of anilines is 1. The lowest BCUT2D eigenvalue weighted by molar-refractivity contribution is 0.0697. The molecule has 3 aromatic carbocycles. The highest BCUT2D eigenvalue weighted by molar-refractivity contribution is 5.91. The Labute approximate surface area is 200 Å². The Kier molecular flexibility index (Phi) is 5.93. The SMILES string of the molecule is Cc1nn(Cc2ccccc2)c2nc(-c3ccc(C(=O)O)cc3)nc(NCc3ccc(F)cc3)c12. The number of benzene rings is 3. The number of nitrogens with one attached hydrogen (secondary N) is 1. The topological polar surface area (TPSA) is 92.9 Å². The number of hydrogen-bond acceptors (Lipinski definition) is 5. The molecule has 7 nitrogen and oxygen atoms in total. The van der Waals surface area contributed by atoms with Gasteiger partial charge in [0, 0.05) is 12.1 Å². The van der Waals surface area contributed by atoms with Crippen LogP contribution in [0.4, 0.5) is 10.2 Å². The van der Waals surface area contributed by atoms with Crippen molar-refractivity contribution in [3.8, 4) is 11.4 Å². The number of fused-ring (bicyclic) bond motifs is 1. The van der Waals surface area contributed by atoms with E-state index in [9.17, 15) is 14.3 Å². The van der Waals surface area contributed by atoms with E-state index in [1.807, 2.05) is 41.9 Å². The van der Waals surface area contributed by atoms with E-state index in [-0.39, 0.29) is 11.4 Å². The number of nitrogens with zero attached hydrogens (tertiary/aromatic N) is 4. The maximum atomic E-state index is 13.3. The van der Waals surface area contributed by atoms with Crippen LogP contribution in [0.5, 0.6) is 0 Å². The van der Waals surface area contributed by atoms with E-state index in [2.05, 4.69) is 5.32 Å². The predicted octanol–water partition coefficient (Wildman–Crippen LogP) is 5.30. The van der Waals surface area contributed by atoms with Crippen LogP contribution in [0.3, 0.4) is 0 Å². The highest BCUT2D eigenvalue weighted by Crippen LogP contribution is 2.29. The van der Waals surface area contributed by atoms with E-state index in [4.69, 9.17) is 15.1 Å². The van der Waals surface area contributed by atoms with Gasteiger partial charge in [-0.2, -0.15) is 5.10 Å². The van der Waals surface area contributed by atoms with Gasteiger partial charge < -0.3 is 10.4 Å². The molecule has 0 spiro atoms. The summed E-state index contributed by atoms with van der Waals surface area (Å²) in [5.41, 5.74) is 4.32.